The first-order valence-corrected chi connectivity index (χ1v) is 8.55. The third-order valence-electron chi connectivity index (χ3n) is 4.75. The number of aryl methyl sites for hydroxylation is 1. The monoisotopic (exact) mass is 349 g/mol. The van der Waals surface area contributed by atoms with E-state index in [2.05, 4.69) is 37.2 Å². The van der Waals surface area contributed by atoms with Crippen molar-refractivity contribution < 1.29 is 4.74 Å². The number of hydrogen-bond donors (Lipinski definition) is 0. The molecular formula is C19H21Cl2NO. The Morgan fingerprint density at radius 1 is 1.04 bits per heavy atom. The summed E-state index contributed by atoms with van der Waals surface area (Å²) in [4.78, 5) is 2.30. The zero-order valence-electron chi connectivity index (χ0n) is 13.6. The van der Waals surface area contributed by atoms with Gasteiger partial charge in [-0.05, 0) is 67.9 Å². The number of nitrogens with zero attached hydrogens (tertiary/aromatic N) is 1. The molecule has 4 heteroatoms. The standard InChI is InChI=1S/C19H21Cl2NO/c1-22(2)18-9-6-12-4-7-14(23-3)11-15(12)19(18)13-5-8-16(20)17(21)10-13/h4-5,7-8,10-11,18-19H,6,9H2,1-3H3. The van der Waals surface area contributed by atoms with Crippen molar-refractivity contribution in [1.82, 2.24) is 4.90 Å². The first kappa shape index (κ1) is 16.6. The zero-order valence-corrected chi connectivity index (χ0v) is 15.2. The second kappa shape index (κ2) is 6.72. The Morgan fingerprint density at radius 2 is 1.83 bits per heavy atom. The molecule has 2 unspecified atom stereocenters. The van der Waals surface area contributed by atoms with Gasteiger partial charge < -0.3 is 9.64 Å². The molecule has 3 rings (SSSR count). The van der Waals surface area contributed by atoms with Crippen molar-refractivity contribution in [3.8, 4) is 5.75 Å². The topological polar surface area (TPSA) is 12.5 Å². The molecule has 0 heterocycles. The van der Waals surface area contributed by atoms with Gasteiger partial charge >= 0.3 is 0 Å². The zero-order chi connectivity index (χ0) is 16.6. The highest BCUT2D eigenvalue weighted by molar-refractivity contribution is 6.42. The van der Waals surface area contributed by atoms with E-state index >= 15 is 0 Å². The molecule has 2 aromatic rings. The van der Waals surface area contributed by atoms with E-state index < -0.39 is 0 Å². The fourth-order valence-electron chi connectivity index (χ4n) is 3.56. The summed E-state index contributed by atoms with van der Waals surface area (Å²) >= 11 is 12.4. The molecule has 0 amide bonds. The Labute approximate surface area is 148 Å². The number of halogens is 2. The summed E-state index contributed by atoms with van der Waals surface area (Å²) in [5, 5.41) is 1.20. The molecular weight excluding hydrogens is 329 g/mol. The molecule has 0 aromatic heterocycles. The van der Waals surface area contributed by atoms with Crippen molar-refractivity contribution in [2.75, 3.05) is 21.2 Å². The molecule has 0 spiro atoms. The lowest BCUT2D eigenvalue weighted by molar-refractivity contribution is 0.245. The van der Waals surface area contributed by atoms with Gasteiger partial charge in [0, 0.05) is 12.0 Å². The highest BCUT2D eigenvalue weighted by atomic mass is 35.5. The molecule has 1 aliphatic rings. The van der Waals surface area contributed by atoms with Crippen LogP contribution in [0.5, 0.6) is 5.75 Å². The van der Waals surface area contributed by atoms with Gasteiger partial charge in [-0.1, -0.05) is 35.3 Å². The van der Waals surface area contributed by atoms with Crippen molar-refractivity contribution in [3.63, 3.8) is 0 Å². The van der Waals surface area contributed by atoms with Crippen molar-refractivity contribution in [2.45, 2.75) is 24.8 Å². The number of fused-ring (bicyclic) bond motifs is 1. The Balaban J connectivity index is 2.14. The van der Waals surface area contributed by atoms with Gasteiger partial charge in [0.1, 0.15) is 5.75 Å². The summed E-state index contributed by atoms with van der Waals surface area (Å²) in [5.74, 6) is 1.16. The first-order chi connectivity index (χ1) is 11.0. The van der Waals surface area contributed by atoms with Gasteiger partial charge in [-0.15, -0.1) is 0 Å². The van der Waals surface area contributed by atoms with Crippen LogP contribution in [-0.2, 0) is 6.42 Å². The highest BCUT2D eigenvalue weighted by Gasteiger charge is 2.32. The predicted octanol–water partition coefficient (Wildman–Crippen LogP) is 5.01. The number of likely N-dealkylation sites (N-methyl/N-ethyl adjacent to an activating group) is 1. The van der Waals surface area contributed by atoms with E-state index in [0.717, 1.165) is 18.6 Å². The van der Waals surface area contributed by atoms with E-state index in [1.54, 1.807) is 7.11 Å². The van der Waals surface area contributed by atoms with E-state index in [9.17, 15) is 0 Å². The number of benzene rings is 2. The molecule has 2 nitrogen and oxygen atoms in total. The van der Waals surface area contributed by atoms with E-state index in [1.807, 2.05) is 18.2 Å². The van der Waals surface area contributed by atoms with Crippen LogP contribution in [0.2, 0.25) is 10.0 Å². The van der Waals surface area contributed by atoms with Gasteiger partial charge in [0.2, 0.25) is 0 Å². The number of methoxy groups -OCH3 is 1. The van der Waals surface area contributed by atoms with Gasteiger partial charge in [0.05, 0.1) is 17.2 Å². The van der Waals surface area contributed by atoms with Gasteiger partial charge in [-0.25, -0.2) is 0 Å². The number of ether oxygens (including phenoxy) is 1. The normalized spacial score (nSPS) is 20.4. The van der Waals surface area contributed by atoms with Crippen LogP contribution in [0.1, 0.15) is 29.0 Å². The minimum atomic E-state index is 0.263. The largest absolute Gasteiger partial charge is 0.497 e. The maximum atomic E-state index is 6.28. The van der Waals surface area contributed by atoms with Crippen LogP contribution >= 0.6 is 23.2 Å². The molecule has 0 saturated heterocycles. The van der Waals surface area contributed by atoms with Crippen LogP contribution in [0.3, 0.4) is 0 Å². The molecule has 2 aromatic carbocycles. The van der Waals surface area contributed by atoms with Gasteiger partial charge in [-0.2, -0.15) is 0 Å². The summed E-state index contributed by atoms with van der Waals surface area (Å²) < 4.78 is 5.44. The summed E-state index contributed by atoms with van der Waals surface area (Å²) in [5.41, 5.74) is 3.92. The maximum Gasteiger partial charge on any atom is 0.119 e. The predicted molar refractivity (Wildman–Crippen MR) is 97.1 cm³/mol. The van der Waals surface area contributed by atoms with Crippen LogP contribution in [0.15, 0.2) is 36.4 Å². The Morgan fingerprint density at radius 3 is 2.48 bits per heavy atom. The smallest absolute Gasteiger partial charge is 0.119 e. The molecule has 0 saturated carbocycles. The van der Waals surface area contributed by atoms with Crippen LogP contribution in [-0.4, -0.2) is 32.1 Å². The average molecular weight is 350 g/mol. The molecule has 0 aliphatic heterocycles. The summed E-state index contributed by atoms with van der Waals surface area (Å²) in [6.45, 7) is 0. The van der Waals surface area contributed by atoms with Crippen molar-refractivity contribution in [1.29, 1.82) is 0 Å². The molecule has 0 radical (unpaired) electrons. The molecule has 23 heavy (non-hydrogen) atoms. The summed E-state index contributed by atoms with van der Waals surface area (Å²) in [6.07, 6.45) is 2.21. The van der Waals surface area contributed by atoms with Gasteiger partial charge in [0.15, 0.2) is 0 Å². The van der Waals surface area contributed by atoms with Crippen molar-refractivity contribution in [3.05, 3.63) is 63.1 Å². The third-order valence-corrected chi connectivity index (χ3v) is 5.49. The van der Waals surface area contributed by atoms with E-state index in [1.165, 1.54) is 16.7 Å². The SMILES string of the molecule is COc1ccc2c(c1)C(c1ccc(Cl)c(Cl)c1)C(N(C)C)CC2. The summed E-state index contributed by atoms with van der Waals surface area (Å²) in [6, 6.07) is 12.8. The summed E-state index contributed by atoms with van der Waals surface area (Å²) in [7, 11) is 5.99. The second-order valence-electron chi connectivity index (χ2n) is 6.29. The lowest BCUT2D eigenvalue weighted by Gasteiger charge is -2.38. The van der Waals surface area contributed by atoms with Crippen LogP contribution in [0, 0.1) is 0 Å². The quantitative estimate of drug-likeness (QED) is 0.772. The Hall–Kier alpha value is -1.22. The fourth-order valence-corrected chi connectivity index (χ4v) is 3.86. The van der Waals surface area contributed by atoms with Crippen LogP contribution in [0.25, 0.3) is 0 Å². The van der Waals surface area contributed by atoms with Crippen molar-refractivity contribution >= 4 is 23.2 Å². The van der Waals surface area contributed by atoms with Gasteiger partial charge in [-0.3, -0.25) is 0 Å². The van der Waals surface area contributed by atoms with E-state index in [-0.39, 0.29) is 5.92 Å². The lowest BCUT2D eigenvalue weighted by atomic mass is 9.75. The van der Waals surface area contributed by atoms with Crippen molar-refractivity contribution in [2.24, 2.45) is 0 Å². The van der Waals surface area contributed by atoms with Gasteiger partial charge in [0.25, 0.3) is 0 Å². The van der Waals surface area contributed by atoms with E-state index in [4.69, 9.17) is 27.9 Å². The maximum absolute atomic E-state index is 6.28. The number of rotatable bonds is 3. The second-order valence-corrected chi connectivity index (χ2v) is 7.10. The fraction of sp³-hybridized carbons (Fsp3) is 0.368. The molecule has 0 N–H and O–H groups in total. The van der Waals surface area contributed by atoms with Crippen LogP contribution < -0.4 is 4.74 Å². The molecule has 1 aliphatic carbocycles. The third kappa shape index (κ3) is 3.21. The average Bonchev–Trinajstić information content (AvgIpc) is 2.55. The molecule has 0 bridgehead atoms. The molecule has 122 valence electrons. The minimum absolute atomic E-state index is 0.263. The highest BCUT2D eigenvalue weighted by Crippen LogP contribution is 2.41. The molecule has 2 atom stereocenters. The molecule has 0 fully saturated rings. The Bertz CT molecular complexity index is 715. The lowest BCUT2D eigenvalue weighted by Crippen LogP contribution is -2.38. The first-order valence-electron chi connectivity index (χ1n) is 7.79. The number of hydrogen-bond acceptors (Lipinski definition) is 2. The van der Waals surface area contributed by atoms with E-state index in [0.29, 0.717) is 16.1 Å². The minimum Gasteiger partial charge on any atom is -0.497 e. The van der Waals surface area contributed by atoms with Crippen LogP contribution in [0.4, 0.5) is 0 Å². The Kier molecular flexibility index (Phi) is 4.86.